The van der Waals surface area contributed by atoms with Crippen molar-refractivity contribution in [1.82, 2.24) is 0 Å². The van der Waals surface area contributed by atoms with Crippen LogP contribution in [0.15, 0.2) is 12.1 Å². The summed E-state index contributed by atoms with van der Waals surface area (Å²) < 4.78 is 10.5. The average molecular weight is 272 g/mol. The van der Waals surface area contributed by atoms with Gasteiger partial charge in [0.15, 0.2) is 0 Å². The quantitative estimate of drug-likeness (QED) is 0.660. The van der Waals surface area contributed by atoms with E-state index < -0.39 is 5.97 Å². The highest BCUT2D eigenvalue weighted by molar-refractivity contribution is 6.33. The second kappa shape index (κ2) is 6.50. The second-order valence-electron chi connectivity index (χ2n) is 4.30. The van der Waals surface area contributed by atoms with Gasteiger partial charge in [0, 0.05) is 6.07 Å². The van der Waals surface area contributed by atoms with E-state index in [9.17, 15) is 4.79 Å². The van der Waals surface area contributed by atoms with Crippen molar-refractivity contribution in [1.29, 1.82) is 0 Å². The number of anilines is 1. The average Bonchev–Trinajstić information content (AvgIpc) is 2.30. The van der Waals surface area contributed by atoms with Crippen LogP contribution in [0.25, 0.3) is 0 Å². The van der Waals surface area contributed by atoms with Crippen molar-refractivity contribution in [2.45, 2.75) is 20.8 Å². The molecule has 5 heteroatoms. The summed E-state index contributed by atoms with van der Waals surface area (Å²) in [7, 11) is 0. The molecular formula is C13H18ClNO3. The fourth-order valence-electron chi connectivity index (χ4n) is 1.32. The standard InChI is InChI=1S/C13H18ClNO3/c1-4-17-12-6-11(15)10(14)5-9(12)13(16)18-7-8(2)3/h5-6,8H,4,7,15H2,1-3H3. The molecule has 0 aliphatic heterocycles. The van der Waals surface area contributed by atoms with Crippen LogP contribution in [0.3, 0.4) is 0 Å². The molecule has 0 unspecified atom stereocenters. The Morgan fingerprint density at radius 3 is 2.67 bits per heavy atom. The van der Waals surface area contributed by atoms with Crippen LogP contribution in [0.4, 0.5) is 5.69 Å². The predicted molar refractivity (Wildman–Crippen MR) is 72.2 cm³/mol. The molecule has 0 aromatic heterocycles. The normalized spacial score (nSPS) is 10.5. The van der Waals surface area contributed by atoms with Crippen molar-refractivity contribution in [3.05, 3.63) is 22.7 Å². The van der Waals surface area contributed by atoms with Gasteiger partial charge in [0.1, 0.15) is 11.3 Å². The highest BCUT2D eigenvalue weighted by atomic mass is 35.5. The van der Waals surface area contributed by atoms with E-state index in [1.165, 1.54) is 12.1 Å². The van der Waals surface area contributed by atoms with E-state index in [2.05, 4.69) is 0 Å². The van der Waals surface area contributed by atoms with E-state index in [1.54, 1.807) is 0 Å². The van der Waals surface area contributed by atoms with Crippen molar-refractivity contribution in [3.63, 3.8) is 0 Å². The van der Waals surface area contributed by atoms with E-state index in [4.69, 9.17) is 26.8 Å². The first kappa shape index (κ1) is 14.6. The number of ether oxygens (including phenoxy) is 2. The van der Waals surface area contributed by atoms with Gasteiger partial charge in [0.25, 0.3) is 0 Å². The van der Waals surface area contributed by atoms with Gasteiger partial charge in [-0.25, -0.2) is 4.79 Å². The van der Waals surface area contributed by atoms with Gasteiger partial charge >= 0.3 is 5.97 Å². The summed E-state index contributed by atoms with van der Waals surface area (Å²) in [4.78, 5) is 11.9. The summed E-state index contributed by atoms with van der Waals surface area (Å²) in [5.74, 6) is 0.218. The topological polar surface area (TPSA) is 61.5 Å². The Bertz CT molecular complexity index is 432. The van der Waals surface area contributed by atoms with Crippen LogP contribution in [-0.4, -0.2) is 19.2 Å². The molecule has 0 saturated heterocycles. The Kier molecular flexibility index (Phi) is 5.28. The molecule has 0 spiro atoms. The smallest absolute Gasteiger partial charge is 0.341 e. The van der Waals surface area contributed by atoms with Crippen LogP contribution < -0.4 is 10.5 Å². The van der Waals surface area contributed by atoms with E-state index in [1.807, 2.05) is 20.8 Å². The lowest BCUT2D eigenvalue weighted by Gasteiger charge is -2.12. The predicted octanol–water partition coefficient (Wildman–Crippen LogP) is 3.13. The molecule has 0 aliphatic carbocycles. The maximum Gasteiger partial charge on any atom is 0.341 e. The number of benzene rings is 1. The molecule has 0 heterocycles. The van der Waals surface area contributed by atoms with E-state index in [0.717, 1.165) is 0 Å². The van der Waals surface area contributed by atoms with E-state index in [0.29, 0.717) is 35.2 Å². The molecule has 2 N–H and O–H groups in total. The van der Waals surface area contributed by atoms with Gasteiger partial charge in [0.2, 0.25) is 0 Å². The van der Waals surface area contributed by atoms with Gasteiger partial charge in [-0.3, -0.25) is 0 Å². The summed E-state index contributed by atoms with van der Waals surface area (Å²) in [6.07, 6.45) is 0. The van der Waals surface area contributed by atoms with Gasteiger partial charge in [0.05, 0.1) is 23.9 Å². The number of nitrogen functional groups attached to an aromatic ring is 1. The number of carbonyl (C=O) groups excluding carboxylic acids is 1. The SMILES string of the molecule is CCOc1cc(N)c(Cl)cc1C(=O)OCC(C)C. The number of esters is 1. The fourth-order valence-corrected chi connectivity index (χ4v) is 1.49. The van der Waals surface area contributed by atoms with Crippen LogP contribution in [0.2, 0.25) is 5.02 Å². The van der Waals surface area contributed by atoms with Crippen molar-refractivity contribution in [2.75, 3.05) is 18.9 Å². The monoisotopic (exact) mass is 271 g/mol. The third kappa shape index (κ3) is 3.81. The summed E-state index contributed by atoms with van der Waals surface area (Å²) >= 11 is 5.90. The zero-order chi connectivity index (χ0) is 13.7. The molecule has 1 aromatic carbocycles. The lowest BCUT2D eigenvalue weighted by molar-refractivity contribution is 0.0454. The number of hydrogen-bond donors (Lipinski definition) is 1. The molecule has 0 radical (unpaired) electrons. The molecule has 0 amide bonds. The molecule has 0 aliphatic rings. The molecule has 0 bridgehead atoms. The van der Waals surface area contributed by atoms with E-state index >= 15 is 0 Å². The first-order valence-corrected chi connectivity index (χ1v) is 6.22. The zero-order valence-corrected chi connectivity index (χ0v) is 11.6. The zero-order valence-electron chi connectivity index (χ0n) is 10.8. The third-order valence-corrected chi connectivity index (χ3v) is 2.49. The molecular weight excluding hydrogens is 254 g/mol. The largest absolute Gasteiger partial charge is 0.493 e. The Labute approximate surface area is 112 Å². The van der Waals surface area contributed by atoms with Crippen molar-refractivity contribution in [2.24, 2.45) is 5.92 Å². The minimum Gasteiger partial charge on any atom is -0.493 e. The Morgan fingerprint density at radius 2 is 2.11 bits per heavy atom. The van der Waals surface area contributed by atoms with Crippen LogP contribution in [0.1, 0.15) is 31.1 Å². The van der Waals surface area contributed by atoms with Gasteiger partial charge in [-0.2, -0.15) is 0 Å². The number of halogens is 1. The van der Waals surface area contributed by atoms with Crippen LogP contribution in [0.5, 0.6) is 5.75 Å². The summed E-state index contributed by atoms with van der Waals surface area (Å²) in [5.41, 5.74) is 6.36. The number of carbonyl (C=O) groups is 1. The number of rotatable bonds is 5. The molecule has 4 nitrogen and oxygen atoms in total. The molecule has 100 valence electrons. The highest BCUT2D eigenvalue weighted by Crippen LogP contribution is 2.29. The van der Waals surface area contributed by atoms with Gasteiger partial charge < -0.3 is 15.2 Å². The van der Waals surface area contributed by atoms with Crippen LogP contribution >= 0.6 is 11.6 Å². The Hall–Kier alpha value is -1.42. The van der Waals surface area contributed by atoms with Gasteiger partial charge in [-0.1, -0.05) is 25.4 Å². The third-order valence-electron chi connectivity index (χ3n) is 2.17. The van der Waals surface area contributed by atoms with Crippen LogP contribution in [-0.2, 0) is 4.74 Å². The lowest BCUT2D eigenvalue weighted by atomic mass is 10.1. The second-order valence-corrected chi connectivity index (χ2v) is 4.70. The summed E-state index contributed by atoms with van der Waals surface area (Å²) in [6.45, 7) is 6.55. The Morgan fingerprint density at radius 1 is 1.44 bits per heavy atom. The maximum atomic E-state index is 11.9. The summed E-state index contributed by atoms with van der Waals surface area (Å²) in [5, 5.41) is 0.315. The minimum atomic E-state index is -0.450. The fraction of sp³-hybridized carbons (Fsp3) is 0.462. The van der Waals surface area contributed by atoms with Crippen LogP contribution in [0, 0.1) is 5.92 Å². The van der Waals surface area contributed by atoms with E-state index in [-0.39, 0.29) is 5.92 Å². The first-order chi connectivity index (χ1) is 8.45. The number of hydrogen-bond acceptors (Lipinski definition) is 4. The first-order valence-electron chi connectivity index (χ1n) is 5.84. The molecule has 0 saturated carbocycles. The van der Waals surface area contributed by atoms with Crippen molar-refractivity contribution < 1.29 is 14.3 Å². The molecule has 18 heavy (non-hydrogen) atoms. The van der Waals surface area contributed by atoms with Gasteiger partial charge in [-0.05, 0) is 18.9 Å². The molecule has 0 fully saturated rings. The Balaban J connectivity index is 2.98. The summed E-state index contributed by atoms with van der Waals surface area (Å²) in [6, 6.07) is 3.02. The number of nitrogens with two attached hydrogens (primary N) is 1. The molecule has 1 aromatic rings. The molecule has 0 atom stereocenters. The minimum absolute atomic E-state index is 0.272. The lowest BCUT2D eigenvalue weighted by Crippen LogP contribution is -2.12. The van der Waals surface area contributed by atoms with Gasteiger partial charge in [-0.15, -0.1) is 0 Å². The maximum absolute atomic E-state index is 11.9. The van der Waals surface area contributed by atoms with Crippen molar-refractivity contribution in [3.8, 4) is 5.75 Å². The highest BCUT2D eigenvalue weighted by Gasteiger charge is 2.17. The molecule has 1 rings (SSSR count). The van der Waals surface area contributed by atoms with Crippen molar-refractivity contribution >= 4 is 23.3 Å².